The fraction of sp³-hybridized carbons (Fsp3) is 0.438. The van der Waals surface area contributed by atoms with Crippen LogP contribution in [0.2, 0.25) is 0 Å². The Hall–Kier alpha value is -2.55. The summed E-state index contributed by atoms with van der Waals surface area (Å²) in [4.78, 5) is 25.3. The Morgan fingerprint density at radius 2 is 2.27 bits per heavy atom. The Bertz CT molecular complexity index is 609. The number of ether oxygens (including phenoxy) is 1. The van der Waals surface area contributed by atoms with Crippen molar-refractivity contribution >= 4 is 11.8 Å². The second-order valence-corrected chi connectivity index (χ2v) is 5.43. The van der Waals surface area contributed by atoms with E-state index in [4.69, 9.17) is 15.7 Å². The molecule has 1 aliphatic rings. The van der Waals surface area contributed by atoms with E-state index in [0.717, 1.165) is 12.8 Å². The van der Waals surface area contributed by atoms with Crippen molar-refractivity contribution < 1.29 is 14.3 Å². The SMILES string of the molecule is CC(Oc1cccc(C#N)c1)C(=O)N1CCCC(C(N)=O)C1. The van der Waals surface area contributed by atoms with Crippen molar-refractivity contribution in [2.75, 3.05) is 13.1 Å². The molecule has 6 heteroatoms. The third-order valence-electron chi connectivity index (χ3n) is 3.76. The first-order valence-corrected chi connectivity index (χ1v) is 7.26. The van der Waals surface area contributed by atoms with Crippen molar-refractivity contribution in [3.8, 4) is 11.8 Å². The number of nitriles is 1. The van der Waals surface area contributed by atoms with E-state index in [2.05, 4.69) is 0 Å². The predicted molar refractivity (Wildman–Crippen MR) is 79.7 cm³/mol. The number of nitrogens with two attached hydrogens (primary N) is 1. The van der Waals surface area contributed by atoms with Gasteiger partial charge in [-0.15, -0.1) is 0 Å². The van der Waals surface area contributed by atoms with Crippen LogP contribution in [0.3, 0.4) is 0 Å². The minimum atomic E-state index is -0.680. The predicted octanol–water partition coefficient (Wildman–Crippen LogP) is 1.05. The molecule has 1 saturated heterocycles. The summed E-state index contributed by atoms with van der Waals surface area (Å²) in [5.74, 6) is -0.351. The van der Waals surface area contributed by atoms with Gasteiger partial charge in [0.15, 0.2) is 6.10 Å². The molecule has 1 aliphatic heterocycles. The molecule has 2 rings (SSSR count). The summed E-state index contributed by atoms with van der Waals surface area (Å²) in [6.45, 7) is 2.61. The molecule has 0 bridgehead atoms. The van der Waals surface area contributed by atoms with Gasteiger partial charge in [-0.1, -0.05) is 6.07 Å². The highest BCUT2D eigenvalue weighted by Crippen LogP contribution is 2.19. The number of hydrogen-bond donors (Lipinski definition) is 1. The van der Waals surface area contributed by atoms with Crippen molar-refractivity contribution in [2.45, 2.75) is 25.9 Å². The van der Waals surface area contributed by atoms with E-state index < -0.39 is 6.10 Å². The molecule has 116 valence electrons. The lowest BCUT2D eigenvalue weighted by Crippen LogP contribution is -2.48. The van der Waals surface area contributed by atoms with Gasteiger partial charge in [0.05, 0.1) is 17.6 Å². The Morgan fingerprint density at radius 1 is 1.50 bits per heavy atom. The molecule has 6 nitrogen and oxygen atoms in total. The second-order valence-electron chi connectivity index (χ2n) is 5.43. The van der Waals surface area contributed by atoms with Gasteiger partial charge in [0, 0.05) is 13.1 Å². The maximum atomic E-state index is 12.4. The van der Waals surface area contributed by atoms with Gasteiger partial charge in [0.25, 0.3) is 5.91 Å². The van der Waals surface area contributed by atoms with Gasteiger partial charge in [0.1, 0.15) is 5.75 Å². The van der Waals surface area contributed by atoms with Crippen LogP contribution in [-0.2, 0) is 9.59 Å². The minimum absolute atomic E-state index is 0.173. The van der Waals surface area contributed by atoms with Crippen LogP contribution in [0.4, 0.5) is 0 Å². The Balaban J connectivity index is 1.99. The highest BCUT2D eigenvalue weighted by molar-refractivity contribution is 5.83. The first kappa shape index (κ1) is 15.8. The summed E-state index contributed by atoms with van der Waals surface area (Å²) in [6.07, 6.45) is 0.801. The number of carbonyl (C=O) groups excluding carboxylic acids is 2. The van der Waals surface area contributed by atoms with E-state index in [1.54, 1.807) is 36.1 Å². The number of rotatable bonds is 4. The number of primary amides is 1. The molecule has 1 heterocycles. The van der Waals surface area contributed by atoms with Crippen LogP contribution in [-0.4, -0.2) is 35.9 Å². The van der Waals surface area contributed by atoms with Gasteiger partial charge in [-0.3, -0.25) is 9.59 Å². The molecular weight excluding hydrogens is 282 g/mol. The van der Waals surface area contributed by atoms with E-state index >= 15 is 0 Å². The molecule has 2 amide bonds. The summed E-state index contributed by atoms with van der Waals surface area (Å²) in [5, 5.41) is 8.87. The van der Waals surface area contributed by atoms with E-state index in [1.165, 1.54) is 0 Å². The third kappa shape index (κ3) is 3.76. The molecule has 1 aromatic rings. The molecule has 0 spiro atoms. The van der Waals surface area contributed by atoms with E-state index in [-0.39, 0.29) is 17.7 Å². The minimum Gasteiger partial charge on any atom is -0.481 e. The van der Waals surface area contributed by atoms with E-state index in [1.807, 2.05) is 6.07 Å². The summed E-state index contributed by atoms with van der Waals surface area (Å²) >= 11 is 0. The topological polar surface area (TPSA) is 96.4 Å². The summed E-state index contributed by atoms with van der Waals surface area (Å²) in [6, 6.07) is 8.69. The van der Waals surface area contributed by atoms with Crippen molar-refractivity contribution in [3.05, 3.63) is 29.8 Å². The average molecular weight is 301 g/mol. The standard InChI is InChI=1S/C16H19N3O3/c1-11(22-14-6-2-4-12(8-14)9-17)16(21)19-7-3-5-13(10-19)15(18)20/h2,4,6,8,11,13H,3,5,7,10H2,1H3,(H2,18,20). The Morgan fingerprint density at radius 3 is 2.95 bits per heavy atom. The van der Waals surface area contributed by atoms with Crippen LogP contribution in [0.5, 0.6) is 5.75 Å². The zero-order valence-electron chi connectivity index (χ0n) is 12.5. The van der Waals surface area contributed by atoms with Crippen molar-refractivity contribution in [1.29, 1.82) is 5.26 Å². The second kappa shape index (κ2) is 6.94. The average Bonchev–Trinajstić information content (AvgIpc) is 2.54. The number of likely N-dealkylation sites (tertiary alicyclic amines) is 1. The van der Waals surface area contributed by atoms with Gasteiger partial charge in [-0.25, -0.2) is 0 Å². The number of hydrogen-bond acceptors (Lipinski definition) is 4. The lowest BCUT2D eigenvalue weighted by atomic mass is 9.97. The lowest BCUT2D eigenvalue weighted by molar-refractivity contribution is -0.141. The van der Waals surface area contributed by atoms with Crippen LogP contribution in [0.15, 0.2) is 24.3 Å². The molecule has 0 aromatic heterocycles. The molecule has 0 saturated carbocycles. The third-order valence-corrected chi connectivity index (χ3v) is 3.76. The van der Waals surface area contributed by atoms with Crippen LogP contribution in [0, 0.1) is 17.2 Å². The summed E-state index contributed by atoms with van der Waals surface area (Å²) in [7, 11) is 0. The van der Waals surface area contributed by atoms with Gasteiger partial charge in [0.2, 0.25) is 5.91 Å². The zero-order chi connectivity index (χ0) is 16.1. The first-order valence-electron chi connectivity index (χ1n) is 7.26. The van der Waals surface area contributed by atoms with E-state index in [9.17, 15) is 9.59 Å². The van der Waals surface area contributed by atoms with Crippen LogP contribution < -0.4 is 10.5 Å². The Kier molecular flexibility index (Phi) is 4.99. The van der Waals surface area contributed by atoms with Crippen molar-refractivity contribution in [3.63, 3.8) is 0 Å². The number of benzene rings is 1. The molecule has 1 fully saturated rings. The van der Waals surface area contributed by atoms with Gasteiger partial charge in [-0.2, -0.15) is 5.26 Å². The maximum absolute atomic E-state index is 12.4. The molecular formula is C16H19N3O3. The normalized spacial score (nSPS) is 19.1. The highest BCUT2D eigenvalue weighted by Gasteiger charge is 2.30. The van der Waals surface area contributed by atoms with Crippen LogP contribution in [0.25, 0.3) is 0 Å². The molecule has 2 atom stereocenters. The molecule has 0 radical (unpaired) electrons. The van der Waals surface area contributed by atoms with E-state index in [0.29, 0.717) is 24.4 Å². The maximum Gasteiger partial charge on any atom is 0.263 e. The monoisotopic (exact) mass is 301 g/mol. The number of carbonyl (C=O) groups is 2. The van der Waals surface area contributed by atoms with Crippen LogP contribution >= 0.6 is 0 Å². The van der Waals surface area contributed by atoms with Crippen molar-refractivity contribution in [1.82, 2.24) is 4.90 Å². The van der Waals surface area contributed by atoms with Gasteiger partial charge in [-0.05, 0) is 38.0 Å². The van der Waals surface area contributed by atoms with Gasteiger partial charge < -0.3 is 15.4 Å². The number of piperidine rings is 1. The molecule has 0 aliphatic carbocycles. The number of nitrogens with zero attached hydrogens (tertiary/aromatic N) is 2. The molecule has 22 heavy (non-hydrogen) atoms. The molecule has 2 N–H and O–H groups in total. The quantitative estimate of drug-likeness (QED) is 0.899. The smallest absolute Gasteiger partial charge is 0.263 e. The largest absolute Gasteiger partial charge is 0.481 e. The van der Waals surface area contributed by atoms with Crippen molar-refractivity contribution in [2.24, 2.45) is 11.7 Å². The fourth-order valence-corrected chi connectivity index (χ4v) is 2.56. The summed E-state index contributed by atoms with van der Waals surface area (Å²) in [5.41, 5.74) is 5.80. The van der Waals surface area contributed by atoms with Crippen LogP contribution in [0.1, 0.15) is 25.3 Å². The lowest BCUT2D eigenvalue weighted by Gasteiger charge is -2.32. The first-order chi connectivity index (χ1) is 10.5. The molecule has 2 unspecified atom stereocenters. The van der Waals surface area contributed by atoms with Gasteiger partial charge >= 0.3 is 0 Å². The number of amides is 2. The Labute approximate surface area is 129 Å². The highest BCUT2D eigenvalue weighted by atomic mass is 16.5. The zero-order valence-corrected chi connectivity index (χ0v) is 12.5. The molecule has 1 aromatic carbocycles. The fourth-order valence-electron chi connectivity index (χ4n) is 2.56. The summed E-state index contributed by atoms with van der Waals surface area (Å²) < 4.78 is 5.61.